The van der Waals surface area contributed by atoms with E-state index in [1.54, 1.807) is 0 Å². The summed E-state index contributed by atoms with van der Waals surface area (Å²) in [5.74, 6) is -14.5. The molecule has 0 spiro atoms. The lowest BCUT2D eigenvalue weighted by Crippen LogP contribution is -2.69. The minimum atomic E-state index is -6.25. The standard InChI is InChI=1S/C14H14F8O4/c15-11(16)10(13(17,18)19,5-25-12(11,24)14(20,21)22)26-9(23)8-4-6-1-2-7(8)3-6/h6-8,24H,1-5H2. The molecule has 150 valence electrons. The van der Waals surface area contributed by atoms with Gasteiger partial charge >= 0.3 is 30.0 Å². The van der Waals surface area contributed by atoms with Crippen molar-refractivity contribution in [2.24, 2.45) is 17.8 Å². The highest BCUT2D eigenvalue weighted by Gasteiger charge is 2.90. The Kier molecular flexibility index (Phi) is 4.09. The zero-order valence-electron chi connectivity index (χ0n) is 13.0. The van der Waals surface area contributed by atoms with Crippen molar-refractivity contribution in [2.45, 2.75) is 55.3 Å². The van der Waals surface area contributed by atoms with Gasteiger partial charge in [-0.15, -0.1) is 0 Å². The Morgan fingerprint density at radius 2 is 1.65 bits per heavy atom. The molecule has 3 aliphatic rings. The second-order valence-electron chi connectivity index (χ2n) is 7.03. The smallest absolute Gasteiger partial charge is 0.440 e. The molecule has 3 fully saturated rings. The van der Waals surface area contributed by atoms with Gasteiger partial charge in [-0.05, 0) is 31.1 Å². The van der Waals surface area contributed by atoms with Gasteiger partial charge in [-0.25, -0.2) is 0 Å². The summed E-state index contributed by atoms with van der Waals surface area (Å²) in [5.41, 5.74) is -4.93. The van der Waals surface area contributed by atoms with Gasteiger partial charge in [-0.3, -0.25) is 4.79 Å². The van der Waals surface area contributed by atoms with E-state index in [-0.39, 0.29) is 18.3 Å². The summed E-state index contributed by atoms with van der Waals surface area (Å²) >= 11 is 0. The molecule has 1 aliphatic heterocycles. The van der Waals surface area contributed by atoms with Gasteiger partial charge in [0, 0.05) is 0 Å². The van der Waals surface area contributed by atoms with E-state index in [1.807, 2.05) is 0 Å². The molecular formula is C14H14F8O4. The van der Waals surface area contributed by atoms with Gasteiger partial charge in [0.05, 0.1) is 5.92 Å². The molecular weight excluding hydrogens is 384 g/mol. The molecule has 3 rings (SSSR count). The van der Waals surface area contributed by atoms with E-state index in [0.717, 1.165) is 6.42 Å². The van der Waals surface area contributed by atoms with Crippen LogP contribution in [0.15, 0.2) is 0 Å². The molecule has 2 bridgehead atoms. The molecule has 12 heteroatoms. The topological polar surface area (TPSA) is 55.8 Å². The monoisotopic (exact) mass is 398 g/mol. The Balaban J connectivity index is 1.95. The molecule has 0 amide bonds. The third-order valence-corrected chi connectivity index (χ3v) is 5.57. The van der Waals surface area contributed by atoms with Crippen molar-refractivity contribution in [2.75, 3.05) is 6.61 Å². The number of aliphatic hydroxyl groups is 1. The molecule has 1 saturated heterocycles. The van der Waals surface area contributed by atoms with E-state index in [4.69, 9.17) is 5.11 Å². The summed E-state index contributed by atoms with van der Waals surface area (Å²) in [5, 5.41) is 9.15. The van der Waals surface area contributed by atoms with Crippen molar-refractivity contribution in [3.05, 3.63) is 0 Å². The summed E-state index contributed by atoms with van der Waals surface area (Å²) in [7, 11) is 0. The molecule has 4 nitrogen and oxygen atoms in total. The highest BCUT2D eigenvalue weighted by Crippen LogP contribution is 2.60. The van der Waals surface area contributed by atoms with Gasteiger partial charge in [0.2, 0.25) is 0 Å². The largest absolute Gasteiger partial charge is 0.449 e. The van der Waals surface area contributed by atoms with Crippen LogP contribution in [0.4, 0.5) is 35.1 Å². The molecule has 0 aromatic carbocycles. The van der Waals surface area contributed by atoms with E-state index < -0.39 is 48.2 Å². The highest BCUT2D eigenvalue weighted by molar-refractivity contribution is 5.74. The maximum atomic E-state index is 14.2. The molecule has 5 unspecified atom stereocenters. The van der Waals surface area contributed by atoms with Crippen LogP contribution in [0, 0.1) is 17.8 Å². The zero-order valence-corrected chi connectivity index (χ0v) is 13.0. The predicted octanol–water partition coefficient (Wildman–Crippen LogP) is 3.18. The van der Waals surface area contributed by atoms with Crippen molar-refractivity contribution < 1.29 is 54.5 Å². The molecule has 5 atom stereocenters. The lowest BCUT2D eigenvalue weighted by molar-refractivity contribution is -0.421. The normalized spacial score (nSPS) is 42.3. The molecule has 1 N–H and O–H groups in total. The summed E-state index contributed by atoms with van der Waals surface area (Å²) in [6.45, 7) is -2.37. The van der Waals surface area contributed by atoms with Gasteiger partial charge in [-0.2, -0.15) is 35.1 Å². The summed E-state index contributed by atoms with van der Waals surface area (Å²) < 4.78 is 114. The summed E-state index contributed by atoms with van der Waals surface area (Å²) in [6.07, 6.45) is -10.5. The van der Waals surface area contributed by atoms with Crippen molar-refractivity contribution in [1.82, 2.24) is 0 Å². The van der Waals surface area contributed by atoms with E-state index in [1.165, 1.54) is 0 Å². The van der Waals surface area contributed by atoms with Crippen LogP contribution in [-0.2, 0) is 14.3 Å². The number of rotatable bonds is 2. The number of hydrogen-bond acceptors (Lipinski definition) is 4. The van der Waals surface area contributed by atoms with Crippen LogP contribution in [0.2, 0.25) is 0 Å². The molecule has 0 aromatic rings. The first kappa shape index (κ1) is 19.6. The average molecular weight is 398 g/mol. The van der Waals surface area contributed by atoms with E-state index in [0.29, 0.717) is 12.8 Å². The lowest BCUT2D eigenvalue weighted by atomic mass is 9.87. The third-order valence-electron chi connectivity index (χ3n) is 5.57. The van der Waals surface area contributed by atoms with E-state index >= 15 is 0 Å². The second-order valence-corrected chi connectivity index (χ2v) is 7.03. The van der Waals surface area contributed by atoms with Gasteiger partial charge in [0.15, 0.2) is 0 Å². The van der Waals surface area contributed by atoms with Crippen molar-refractivity contribution >= 4 is 5.97 Å². The quantitative estimate of drug-likeness (QED) is 0.574. The van der Waals surface area contributed by atoms with Crippen LogP contribution in [0.1, 0.15) is 25.7 Å². The Bertz CT molecular complexity index is 603. The fourth-order valence-electron chi connectivity index (χ4n) is 4.11. The van der Waals surface area contributed by atoms with Crippen LogP contribution < -0.4 is 0 Å². The van der Waals surface area contributed by atoms with Gasteiger partial charge in [-0.1, -0.05) is 6.42 Å². The van der Waals surface area contributed by atoms with E-state index in [2.05, 4.69) is 9.47 Å². The number of fused-ring (bicyclic) bond motifs is 2. The van der Waals surface area contributed by atoms with Gasteiger partial charge < -0.3 is 14.6 Å². The first-order chi connectivity index (χ1) is 11.7. The highest BCUT2D eigenvalue weighted by atomic mass is 19.4. The molecule has 2 aliphatic carbocycles. The first-order valence-electron chi connectivity index (χ1n) is 7.77. The fraction of sp³-hybridized carbons (Fsp3) is 0.929. The Hall–Kier alpha value is -1.17. The average Bonchev–Trinajstić information content (AvgIpc) is 3.14. The third kappa shape index (κ3) is 2.36. The minimum Gasteiger partial charge on any atom is -0.440 e. The van der Waals surface area contributed by atoms with Gasteiger partial charge in [0.1, 0.15) is 6.61 Å². The molecule has 26 heavy (non-hydrogen) atoms. The molecule has 0 radical (unpaired) electrons. The Morgan fingerprint density at radius 1 is 1.04 bits per heavy atom. The second kappa shape index (κ2) is 5.43. The minimum absolute atomic E-state index is 0.0480. The summed E-state index contributed by atoms with van der Waals surface area (Å²) in [6, 6.07) is 0. The van der Waals surface area contributed by atoms with Crippen LogP contribution in [0.25, 0.3) is 0 Å². The number of ether oxygens (including phenoxy) is 2. The number of carbonyl (C=O) groups is 1. The number of carbonyl (C=O) groups excluding carboxylic acids is 1. The van der Waals surface area contributed by atoms with E-state index in [9.17, 15) is 39.9 Å². The number of hydrogen-bond donors (Lipinski definition) is 1. The molecule has 0 aromatic heterocycles. The Morgan fingerprint density at radius 3 is 2.04 bits per heavy atom. The predicted molar refractivity (Wildman–Crippen MR) is 65.7 cm³/mol. The van der Waals surface area contributed by atoms with Crippen molar-refractivity contribution in [1.29, 1.82) is 0 Å². The maximum Gasteiger partial charge on any atom is 0.449 e. The number of esters is 1. The number of alkyl halides is 8. The molecule has 2 saturated carbocycles. The zero-order chi connectivity index (χ0) is 19.8. The first-order valence-corrected chi connectivity index (χ1v) is 7.77. The number of halogens is 8. The molecule has 1 heterocycles. The van der Waals surface area contributed by atoms with Crippen LogP contribution >= 0.6 is 0 Å². The van der Waals surface area contributed by atoms with Crippen LogP contribution in [0.5, 0.6) is 0 Å². The van der Waals surface area contributed by atoms with Crippen LogP contribution in [0.3, 0.4) is 0 Å². The van der Waals surface area contributed by atoms with Crippen molar-refractivity contribution in [3.63, 3.8) is 0 Å². The Labute approximate surface area is 141 Å². The lowest BCUT2D eigenvalue weighted by Gasteiger charge is -2.39. The SMILES string of the molecule is O=C(OC1(C(F)(F)F)COC(O)(C(F)(F)F)C1(F)F)C1CC2CCC1C2. The summed E-state index contributed by atoms with van der Waals surface area (Å²) in [4.78, 5) is 12.1. The maximum absolute atomic E-state index is 14.2. The van der Waals surface area contributed by atoms with Crippen LogP contribution in [-0.4, -0.2) is 47.3 Å². The van der Waals surface area contributed by atoms with Gasteiger partial charge in [0.25, 0.3) is 5.60 Å². The van der Waals surface area contributed by atoms with Crippen molar-refractivity contribution in [3.8, 4) is 0 Å². The fourth-order valence-corrected chi connectivity index (χ4v) is 4.11.